The maximum absolute atomic E-state index is 6.37. The van der Waals surface area contributed by atoms with Crippen LogP contribution in [0, 0.1) is 0 Å². The highest BCUT2D eigenvalue weighted by atomic mass is 35.5. The number of halogens is 2. The van der Waals surface area contributed by atoms with Crippen LogP contribution in [0.15, 0.2) is 52.6 Å². The number of nitrogens with one attached hydrogen (secondary N) is 1. The summed E-state index contributed by atoms with van der Waals surface area (Å²) in [5, 5.41) is 5.42. The van der Waals surface area contributed by atoms with Crippen LogP contribution in [0.2, 0.25) is 10.0 Å². The molecule has 1 N–H and O–H groups in total. The Bertz CT molecular complexity index is 841. The minimum absolute atomic E-state index is 0.148. The van der Waals surface area contributed by atoms with Gasteiger partial charge in [0.15, 0.2) is 5.84 Å². The molecule has 0 fully saturated rings. The van der Waals surface area contributed by atoms with Crippen molar-refractivity contribution in [2.75, 3.05) is 27.4 Å². The second-order valence-electron chi connectivity index (χ2n) is 5.60. The maximum Gasteiger partial charge on any atom is 0.152 e. The molecule has 0 heterocycles. The number of aliphatic imine (C=N–C) groups is 1. The van der Waals surface area contributed by atoms with Gasteiger partial charge in [0, 0.05) is 40.4 Å². The van der Waals surface area contributed by atoms with Gasteiger partial charge in [-0.25, -0.2) is 5.48 Å². The van der Waals surface area contributed by atoms with Gasteiger partial charge in [0.05, 0.1) is 13.7 Å². The van der Waals surface area contributed by atoms with Crippen LogP contribution in [0.5, 0.6) is 0 Å². The van der Waals surface area contributed by atoms with Crippen molar-refractivity contribution in [2.45, 2.75) is 13.5 Å². The molecule has 2 rings (SSSR count). The number of ether oxygens (including phenoxy) is 1. The van der Waals surface area contributed by atoms with Gasteiger partial charge >= 0.3 is 0 Å². The first-order chi connectivity index (χ1) is 13.6. The zero-order chi connectivity index (χ0) is 20.4. The van der Waals surface area contributed by atoms with Gasteiger partial charge in [-0.15, -0.1) is 0 Å². The molecule has 0 aromatic heterocycles. The highest BCUT2D eigenvalue weighted by Crippen LogP contribution is 2.22. The Morgan fingerprint density at radius 3 is 2.61 bits per heavy atom. The molecule has 0 aliphatic heterocycles. The molecule has 28 heavy (non-hydrogen) atoms. The predicted octanol–water partition coefficient (Wildman–Crippen LogP) is 4.48. The Labute approximate surface area is 175 Å². The third-order valence-corrected chi connectivity index (χ3v) is 4.37. The first-order valence-electron chi connectivity index (χ1n) is 8.66. The van der Waals surface area contributed by atoms with Gasteiger partial charge in [-0.3, -0.25) is 9.83 Å². The molecule has 0 unspecified atom stereocenters. The van der Waals surface area contributed by atoms with Gasteiger partial charge in [0.1, 0.15) is 12.3 Å². The second kappa shape index (κ2) is 11.7. The quantitative estimate of drug-likeness (QED) is 0.366. The van der Waals surface area contributed by atoms with E-state index in [9.17, 15) is 0 Å². The van der Waals surface area contributed by atoms with Crippen molar-refractivity contribution in [2.24, 2.45) is 10.1 Å². The Balaban J connectivity index is 2.25. The van der Waals surface area contributed by atoms with Crippen LogP contribution >= 0.6 is 23.2 Å². The van der Waals surface area contributed by atoms with Crippen LogP contribution in [-0.2, 0) is 21.0 Å². The lowest BCUT2D eigenvalue weighted by Crippen LogP contribution is -2.24. The molecule has 150 valence electrons. The largest absolute Gasteiger partial charge is 0.391 e. The number of amidine groups is 1. The SMILES string of the molecule is CCOC/C(=N\OCc1c(Cl)cccc1C(=NC)NOC)c1cccc(Cl)c1. The Morgan fingerprint density at radius 1 is 1.14 bits per heavy atom. The molecule has 2 aromatic carbocycles. The molecule has 0 saturated heterocycles. The summed E-state index contributed by atoms with van der Waals surface area (Å²) in [6.45, 7) is 2.93. The number of nitrogens with zero attached hydrogens (tertiary/aromatic N) is 2. The molecule has 0 aliphatic carbocycles. The molecule has 6 nitrogen and oxygen atoms in total. The van der Waals surface area contributed by atoms with Crippen LogP contribution in [0.1, 0.15) is 23.6 Å². The molecular weight excluding hydrogens is 401 g/mol. The fourth-order valence-corrected chi connectivity index (χ4v) is 2.87. The van der Waals surface area contributed by atoms with Gasteiger partial charge in [0.25, 0.3) is 0 Å². The normalized spacial score (nSPS) is 12.2. The number of rotatable bonds is 9. The summed E-state index contributed by atoms with van der Waals surface area (Å²) in [4.78, 5) is 14.8. The molecule has 0 atom stereocenters. The highest BCUT2D eigenvalue weighted by Gasteiger charge is 2.13. The zero-order valence-corrected chi connectivity index (χ0v) is 17.5. The molecule has 0 radical (unpaired) electrons. The van der Waals surface area contributed by atoms with E-state index >= 15 is 0 Å². The topological polar surface area (TPSA) is 64.4 Å². The van der Waals surface area contributed by atoms with Gasteiger partial charge in [0.2, 0.25) is 0 Å². The van der Waals surface area contributed by atoms with Crippen LogP contribution in [0.4, 0.5) is 0 Å². The summed E-state index contributed by atoms with van der Waals surface area (Å²) in [7, 11) is 3.17. The summed E-state index contributed by atoms with van der Waals surface area (Å²) in [6, 6.07) is 12.9. The average molecular weight is 424 g/mol. The van der Waals surface area contributed by atoms with Crippen LogP contribution in [0.25, 0.3) is 0 Å². The molecule has 0 amide bonds. The van der Waals surface area contributed by atoms with Crippen LogP contribution < -0.4 is 5.48 Å². The Kier molecular flexibility index (Phi) is 9.23. The number of hydrogen-bond acceptors (Lipinski definition) is 5. The molecule has 8 heteroatoms. The fraction of sp³-hybridized carbons (Fsp3) is 0.300. The fourth-order valence-electron chi connectivity index (χ4n) is 2.45. The lowest BCUT2D eigenvalue weighted by atomic mass is 10.1. The van der Waals surface area contributed by atoms with Gasteiger partial charge in [-0.05, 0) is 25.1 Å². The Hall–Kier alpha value is -2.12. The van der Waals surface area contributed by atoms with Crippen molar-refractivity contribution in [3.05, 3.63) is 69.2 Å². The predicted molar refractivity (Wildman–Crippen MR) is 113 cm³/mol. The van der Waals surface area contributed by atoms with E-state index in [1.807, 2.05) is 37.3 Å². The lowest BCUT2D eigenvalue weighted by Gasteiger charge is -2.14. The van der Waals surface area contributed by atoms with E-state index in [1.165, 1.54) is 7.11 Å². The molecule has 0 spiro atoms. The van der Waals surface area contributed by atoms with Crippen molar-refractivity contribution in [3.63, 3.8) is 0 Å². The van der Waals surface area contributed by atoms with E-state index in [4.69, 9.17) is 37.6 Å². The average Bonchev–Trinajstić information content (AvgIpc) is 2.69. The van der Waals surface area contributed by atoms with Crippen molar-refractivity contribution < 1.29 is 14.4 Å². The van der Waals surface area contributed by atoms with E-state index in [2.05, 4.69) is 15.6 Å². The summed E-state index contributed by atoms with van der Waals surface area (Å²) < 4.78 is 5.50. The third-order valence-electron chi connectivity index (χ3n) is 3.78. The van der Waals surface area contributed by atoms with Gasteiger partial charge < -0.3 is 9.57 Å². The van der Waals surface area contributed by atoms with Gasteiger partial charge in [-0.2, -0.15) is 0 Å². The van der Waals surface area contributed by atoms with Crippen molar-refractivity contribution in [3.8, 4) is 0 Å². The van der Waals surface area contributed by atoms with E-state index < -0.39 is 0 Å². The standard InChI is InChI=1S/C20H23Cl2N3O3/c1-4-27-13-19(14-7-5-8-15(21)11-14)24-28-12-17-16(9-6-10-18(17)22)20(23-2)25-26-3/h5-11H,4,12-13H2,1-3H3,(H,23,25)/b24-19+. The molecule has 2 aromatic rings. The molecular formula is C20H23Cl2N3O3. The summed E-state index contributed by atoms with van der Waals surface area (Å²) >= 11 is 12.5. The summed E-state index contributed by atoms with van der Waals surface area (Å²) in [6.07, 6.45) is 0. The first kappa shape index (κ1) is 22.2. The minimum atomic E-state index is 0.148. The summed E-state index contributed by atoms with van der Waals surface area (Å²) in [5.74, 6) is 0.539. The van der Waals surface area contributed by atoms with Crippen molar-refractivity contribution in [1.29, 1.82) is 0 Å². The van der Waals surface area contributed by atoms with Crippen LogP contribution in [-0.4, -0.2) is 38.9 Å². The Morgan fingerprint density at radius 2 is 1.93 bits per heavy atom. The number of oxime groups is 1. The second-order valence-corrected chi connectivity index (χ2v) is 6.45. The number of hydroxylamine groups is 1. The molecule has 0 aliphatic rings. The van der Waals surface area contributed by atoms with E-state index in [1.54, 1.807) is 19.2 Å². The minimum Gasteiger partial charge on any atom is -0.391 e. The maximum atomic E-state index is 6.37. The monoisotopic (exact) mass is 423 g/mol. The van der Waals surface area contributed by atoms with E-state index in [-0.39, 0.29) is 6.61 Å². The highest BCUT2D eigenvalue weighted by molar-refractivity contribution is 6.32. The van der Waals surface area contributed by atoms with E-state index in [0.717, 1.165) is 16.7 Å². The lowest BCUT2D eigenvalue weighted by molar-refractivity contribution is 0.124. The zero-order valence-electron chi connectivity index (χ0n) is 16.0. The van der Waals surface area contributed by atoms with Crippen molar-refractivity contribution >= 4 is 34.7 Å². The van der Waals surface area contributed by atoms with Crippen molar-refractivity contribution in [1.82, 2.24) is 5.48 Å². The molecule has 0 saturated carbocycles. The number of benzene rings is 2. The van der Waals surface area contributed by atoms with Gasteiger partial charge in [-0.1, -0.05) is 52.6 Å². The number of hydrogen-bond donors (Lipinski definition) is 1. The molecule has 0 bridgehead atoms. The van der Waals surface area contributed by atoms with E-state index in [0.29, 0.717) is 34.8 Å². The third kappa shape index (κ3) is 6.21. The smallest absolute Gasteiger partial charge is 0.152 e. The van der Waals surface area contributed by atoms with Crippen LogP contribution in [0.3, 0.4) is 0 Å². The first-order valence-corrected chi connectivity index (χ1v) is 9.42. The summed E-state index contributed by atoms with van der Waals surface area (Å²) in [5.41, 5.74) is 5.71.